The van der Waals surface area contributed by atoms with Gasteiger partial charge in [0.2, 0.25) is 0 Å². The maximum absolute atomic E-state index is 5.81. The Bertz CT molecular complexity index is 1470. The number of H-pyrrole nitrogens is 1. The highest BCUT2D eigenvalue weighted by molar-refractivity contribution is 6.13. The Morgan fingerprint density at radius 3 is 2.69 bits per heavy atom. The maximum atomic E-state index is 5.81. The van der Waals surface area contributed by atoms with Gasteiger partial charge in [-0.1, -0.05) is 29.5 Å². The molecule has 0 fully saturated rings. The number of allylic oxidation sites excluding steroid dienone is 3. The second-order valence-corrected chi connectivity index (χ2v) is 8.41. The van der Waals surface area contributed by atoms with Gasteiger partial charge in [-0.3, -0.25) is 0 Å². The quantitative estimate of drug-likeness (QED) is 0.488. The maximum Gasteiger partial charge on any atom is 0.141 e. The summed E-state index contributed by atoms with van der Waals surface area (Å²) in [7, 11) is 1.69. The predicted octanol–water partition coefficient (Wildman–Crippen LogP) is 4.84. The van der Waals surface area contributed by atoms with E-state index in [-0.39, 0.29) is 12.0 Å². The first kappa shape index (κ1) is 18.9. The lowest BCUT2D eigenvalue weighted by molar-refractivity contribution is 0.393. The van der Waals surface area contributed by atoms with Crippen molar-refractivity contribution in [3.05, 3.63) is 65.5 Å². The van der Waals surface area contributed by atoms with E-state index in [1.54, 1.807) is 13.3 Å². The molecule has 0 radical (unpaired) electrons. The zero-order chi connectivity index (χ0) is 22.0. The van der Waals surface area contributed by atoms with Gasteiger partial charge in [0.05, 0.1) is 36.1 Å². The SMILES string of the molecule is COc1cc2c(cc1-c1c(C)noc1C)[nH]c1cnnc(C3=C(C)NC4C=CC=CC34)c12. The minimum absolute atomic E-state index is 0.230. The van der Waals surface area contributed by atoms with E-state index in [2.05, 4.69) is 69.0 Å². The van der Waals surface area contributed by atoms with Crippen LogP contribution in [0, 0.1) is 19.8 Å². The van der Waals surface area contributed by atoms with E-state index in [0.717, 1.165) is 61.5 Å². The third-order valence-electron chi connectivity index (χ3n) is 6.54. The van der Waals surface area contributed by atoms with Gasteiger partial charge < -0.3 is 19.6 Å². The molecule has 1 aliphatic heterocycles. The second kappa shape index (κ2) is 6.82. The van der Waals surface area contributed by atoms with Crippen molar-refractivity contribution in [2.75, 3.05) is 7.11 Å². The Morgan fingerprint density at radius 1 is 1.06 bits per heavy atom. The first-order valence-electron chi connectivity index (χ1n) is 10.7. The molecule has 0 saturated carbocycles. The van der Waals surface area contributed by atoms with Crippen molar-refractivity contribution >= 4 is 27.4 Å². The topological polar surface area (TPSA) is 88.9 Å². The molecule has 32 heavy (non-hydrogen) atoms. The van der Waals surface area contributed by atoms with Gasteiger partial charge in [-0.05, 0) is 32.9 Å². The molecule has 0 spiro atoms. The highest BCUT2D eigenvalue weighted by Gasteiger charge is 2.33. The molecule has 0 bridgehead atoms. The smallest absolute Gasteiger partial charge is 0.141 e. The summed E-state index contributed by atoms with van der Waals surface area (Å²) in [6.07, 6.45) is 10.4. The van der Waals surface area contributed by atoms with Gasteiger partial charge in [-0.2, -0.15) is 5.10 Å². The molecule has 7 nitrogen and oxygen atoms in total. The van der Waals surface area contributed by atoms with Crippen LogP contribution < -0.4 is 10.1 Å². The number of methoxy groups -OCH3 is 1. The van der Waals surface area contributed by atoms with E-state index in [1.807, 2.05) is 13.8 Å². The van der Waals surface area contributed by atoms with Crippen molar-refractivity contribution in [2.24, 2.45) is 5.92 Å². The highest BCUT2D eigenvalue weighted by Crippen LogP contribution is 2.43. The fourth-order valence-corrected chi connectivity index (χ4v) is 5.14. The summed E-state index contributed by atoms with van der Waals surface area (Å²) in [5, 5.41) is 18.8. The number of nitrogens with zero attached hydrogens (tertiary/aromatic N) is 3. The fraction of sp³-hybridized carbons (Fsp3) is 0.240. The van der Waals surface area contributed by atoms with Crippen LogP contribution in [0.5, 0.6) is 5.75 Å². The summed E-state index contributed by atoms with van der Waals surface area (Å²) in [5.41, 5.74) is 7.89. The number of ether oxygens (including phenoxy) is 1. The molecule has 0 saturated heterocycles. The average molecular weight is 425 g/mol. The fourth-order valence-electron chi connectivity index (χ4n) is 5.14. The van der Waals surface area contributed by atoms with Crippen LogP contribution in [0.4, 0.5) is 0 Å². The molecule has 6 rings (SSSR count). The summed E-state index contributed by atoms with van der Waals surface area (Å²) in [6.45, 7) is 5.97. The lowest BCUT2D eigenvalue weighted by Crippen LogP contribution is -2.26. The molecule has 2 atom stereocenters. The van der Waals surface area contributed by atoms with Crippen molar-refractivity contribution in [3.8, 4) is 16.9 Å². The molecule has 160 valence electrons. The Kier molecular flexibility index (Phi) is 4.02. The molecule has 0 amide bonds. The number of hydrogen-bond acceptors (Lipinski definition) is 6. The van der Waals surface area contributed by atoms with Gasteiger partial charge in [0.25, 0.3) is 0 Å². The Morgan fingerprint density at radius 2 is 1.91 bits per heavy atom. The normalized spacial score (nSPS) is 19.8. The van der Waals surface area contributed by atoms with Crippen LogP contribution in [-0.2, 0) is 0 Å². The number of rotatable bonds is 3. The molecule has 7 heteroatoms. The lowest BCUT2D eigenvalue weighted by Gasteiger charge is -2.18. The molecule has 1 aromatic carbocycles. The Hall–Kier alpha value is -3.87. The summed E-state index contributed by atoms with van der Waals surface area (Å²) < 4.78 is 11.2. The van der Waals surface area contributed by atoms with Gasteiger partial charge in [0.1, 0.15) is 17.2 Å². The third-order valence-corrected chi connectivity index (χ3v) is 6.54. The molecule has 4 aromatic rings. The summed E-state index contributed by atoms with van der Waals surface area (Å²) >= 11 is 0. The van der Waals surface area contributed by atoms with Gasteiger partial charge in [-0.25, -0.2) is 0 Å². The zero-order valence-corrected chi connectivity index (χ0v) is 18.4. The molecule has 2 N–H and O–H groups in total. The molecular weight excluding hydrogens is 402 g/mol. The number of fused-ring (bicyclic) bond motifs is 4. The van der Waals surface area contributed by atoms with Crippen LogP contribution >= 0.6 is 0 Å². The zero-order valence-electron chi connectivity index (χ0n) is 18.4. The minimum Gasteiger partial charge on any atom is -0.496 e. The second-order valence-electron chi connectivity index (χ2n) is 8.41. The van der Waals surface area contributed by atoms with E-state index in [1.165, 1.54) is 5.57 Å². The summed E-state index contributed by atoms with van der Waals surface area (Å²) in [4.78, 5) is 3.54. The lowest BCUT2D eigenvalue weighted by atomic mass is 9.87. The van der Waals surface area contributed by atoms with Gasteiger partial charge in [0.15, 0.2) is 0 Å². The van der Waals surface area contributed by atoms with Crippen molar-refractivity contribution in [2.45, 2.75) is 26.8 Å². The molecule has 1 aliphatic carbocycles. The first-order valence-corrected chi connectivity index (χ1v) is 10.7. The van der Waals surface area contributed by atoms with E-state index < -0.39 is 0 Å². The van der Waals surface area contributed by atoms with Crippen molar-refractivity contribution in [3.63, 3.8) is 0 Å². The van der Waals surface area contributed by atoms with Crippen molar-refractivity contribution in [1.29, 1.82) is 0 Å². The van der Waals surface area contributed by atoms with Crippen LogP contribution in [0.1, 0.15) is 24.1 Å². The number of benzene rings is 1. The predicted molar refractivity (Wildman–Crippen MR) is 124 cm³/mol. The van der Waals surface area contributed by atoms with Gasteiger partial charge >= 0.3 is 0 Å². The van der Waals surface area contributed by atoms with Crippen LogP contribution in [0.15, 0.2) is 52.9 Å². The van der Waals surface area contributed by atoms with E-state index in [0.29, 0.717) is 0 Å². The van der Waals surface area contributed by atoms with Gasteiger partial charge in [0, 0.05) is 39.0 Å². The summed E-state index contributed by atoms with van der Waals surface area (Å²) in [6, 6.07) is 4.43. The van der Waals surface area contributed by atoms with Gasteiger partial charge in [-0.15, -0.1) is 5.10 Å². The largest absolute Gasteiger partial charge is 0.496 e. The average Bonchev–Trinajstić information content (AvgIpc) is 3.44. The molecule has 4 heterocycles. The number of hydrogen-bond donors (Lipinski definition) is 2. The summed E-state index contributed by atoms with van der Waals surface area (Å²) in [5.74, 6) is 1.76. The third kappa shape index (κ3) is 2.57. The Balaban J connectivity index is 1.62. The molecule has 3 aromatic heterocycles. The Labute approximate surface area is 184 Å². The molecule has 2 unspecified atom stereocenters. The first-order chi connectivity index (χ1) is 15.6. The standard InChI is InChI=1S/C25H23N5O2/c1-12-23(15-7-5-6-8-18(15)27-12)25-24-16-10-21(31-4)17(22-13(2)30-32-14(22)3)9-19(16)28-20(24)11-26-29-25/h5-11,15,18,27-28H,1-4H3. The number of aromatic nitrogens is 4. The van der Waals surface area contributed by atoms with Crippen LogP contribution in [0.25, 0.3) is 38.5 Å². The molecular formula is C25H23N5O2. The van der Waals surface area contributed by atoms with Crippen LogP contribution in [0.3, 0.4) is 0 Å². The molecule has 2 aliphatic rings. The van der Waals surface area contributed by atoms with Crippen molar-refractivity contribution < 1.29 is 9.26 Å². The number of aryl methyl sites for hydroxylation is 2. The number of aromatic amines is 1. The monoisotopic (exact) mass is 425 g/mol. The van der Waals surface area contributed by atoms with Crippen LogP contribution in [0.2, 0.25) is 0 Å². The highest BCUT2D eigenvalue weighted by atomic mass is 16.5. The van der Waals surface area contributed by atoms with Crippen molar-refractivity contribution in [1.82, 2.24) is 25.7 Å². The van der Waals surface area contributed by atoms with Crippen LogP contribution in [-0.4, -0.2) is 33.5 Å². The minimum atomic E-state index is 0.230. The van der Waals surface area contributed by atoms with E-state index in [9.17, 15) is 0 Å². The van der Waals surface area contributed by atoms with E-state index >= 15 is 0 Å². The number of nitrogens with one attached hydrogen (secondary N) is 2. The van der Waals surface area contributed by atoms with E-state index in [4.69, 9.17) is 9.26 Å².